The van der Waals surface area contributed by atoms with Crippen LogP contribution in [0.5, 0.6) is 0 Å². The van der Waals surface area contributed by atoms with Crippen LogP contribution in [0, 0.1) is 58.2 Å². The minimum atomic E-state index is -0.867. The molecule has 6 nitrogen and oxygen atoms in total. The first-order chi connectivity index (χ1) is 15.8. The molecule has 4 aliphatic rings. The van der Waals surface area contributed by atoms with Gasteiger partial charge in [-0.2, -0.15) is 0 Å². The Labute approximate surface area is 205 Å². The van der Waals surface area contributed by atoms with Crippen molar-refractivity contribution in [1.82, 2.24) is 0 Å². The average Bonchev–Trinajstić information content (AvgIpc) is 3.09. The van der Waals surface area contributed by atoms with E-state index in [1.54, 1.807) is 0 Å². The molecule has 0 spiro atoms. The van der Waals surface area contributed by atoms with Crippen molar-refractivity contribution in [2.24, 2.45) is 58.2 Å². The highest BCUT2D eigenvalue weighted by molar-refractivity contribution is 5.74. The zero-order valence-electron chi connectivity index (χ0n) is 22.0. The highest BCUT2D eigenvalue weighted by atomic mass is 16.5. The number of rotatable bonds is 5. The number of carbonyl (C=O) groups is 1. The van der Waals surface area contributed by atoms with Crippen LogP contribution in [0.1, 0.15) is 80.1 Å². The number of fused-ring (bicyclic) bond motifs is 5. The molecule has 13 atom stereocenters. The van der Waals surface area contributed by atoms with Gasteiger partial charge in [0.25, 0.3) is 0 Å². The molecule has 3 aliphatic carbocycles. The Kier molecular flexibility index (Phi) is 7.23. The molecule has 1 saturated heterocycles. The van der Waals surface area contributed by atoms with E-state index in [2.05, 4.69) is 34.6 Å². The van der Waals surface area contributed by atoms with Gasteiger partial charge in [-0.3, -0.25) is 4.79 Å². The summed E-state index contributed by atoms with van der Waals surface area (Å²) in [4.78, 5) is 13.0. The molecule has 0 amide bonds. The first-order valence-corrected chi connectivity index (χ1v) is 13.7. The second-order valence-electron chi connectivity index (χ2n) is 13.3. The van der Waals surface area contributed by atoms with Crippen molar-refractivity contribution in [3.05, 3.63) is 0 Å². The predicted molar refractivity (Wildman–Crippen MR) is 130 cm³/mol. The lowest BCUT2D eigenvalue weighted by Gasteiger charge is -2.56. The van der Waals surface area contributed by atoms with E-state index in [0.29, 0.717) is 30.8 Å². The van der Waals surface area contributed by atoms with Crippen molar-refractivity contribution in [2.75, 3.05) is 6.61 Å². The smallest absolute Gasteiger partial charge is 0.309 e. The molecule has 0 aromatic carbocycles. The number of hydrogen-bond acceptors (Lipinski definition) is 6. The zero-order valence-corrected chi connectivity index (χ0v) is 22.0. The molecule has 1 heterocycles. The van der Waals surface area contributed by atoms with E-state index in [-0.39, 0.29) is 52.8 Å². The van der Waals surface area contributed by atoms with Gasteiger partial charge < -0.3 is 25.2 Å². The van der Waals surface area contributed by atoms with Crippen LogP contribution >= 0.6 is 0 Å². The topological polar surface area (TPSA) is 107 Å². The van der Waals surface area contributed by atoms with Gasteiger partial charge in [0.1, 0.15) is 0 Å². The summed E-state index contributed by atoms with van der Waals surface area (Å²) in [5, 5.41) is 42.9. The van der Waals surface area contributed by atoms with Crippen LogP contribution in [0.25, 0.3) is 0 Å². The molecule has 0 aromatic rings. The third-order valence-corrected chi connectivity index (χ3v) is 11.5. The Balaban J connectivity index is 1.58. The summed E-state index contributed by atoms with van der Waals surface area (Å²) in [5.41, 5.74) is -0.345. The molecular weight excluding hydrogens is 432 g/mol. The fourth-order valence-electron chi connectivity index (χ4n) is 8.95. The van der Waals surface area contributed by atoms with Gasteiger partial charge in [-0.1, -0.05) is 41.5 Å². The van der Waals surface area contributed by atoms with E-state index >= 15 is 0 Å². The molecule has 4 fully saturated rings. The van der Waals surface area contributed by atoms with Gasteiger partial charge in [-0.15, -0.1) is 0 Å². The molecule has 0 bridgehead atoms. The second kappa shape index (κ2) is 9.32. The number of ether oxygens (including phenoxy) is 1. The molecule has 0 radical (unpaired) electrons. The lowest BCUT2D eigenvalue weighted by molar-refractivity contribution is -0.162. The van der Waals surface area contributed by atoms with Crippen LogP contribution in [0.3, 0.4) is 0 Å². The monoisotopic (exact) mass is 480 g/mol. The van der Waals surface area contributed by atoms with E-state index < -0.39 is 24.4 Å². The Morgan fingerprint density at radius 1 is 0.912 bits per heavy atom. The summed E-state index contributed by atoms with van der Waals surface area (Å²) < 4.78 is 5.86. The van der Waals surface area contributed by atoms with Crippen molar-refractivity contribution in [3.63, 3.8) is 0 Å². The first kappa shape index (κ1) is 26.4. The summed E-state index contributed by atoms with van der Waals surface area (Å²) in [6.07, 6.45) is 1.61. The van der Waals surface area contributed by atoms with Crippen LogP contribution in [-0.2, 0) is 9.53 Å². The molecule has 196 valence electrons. The number of carbonyl (C=O) groups excluding carboxylic acids is 1. The highest BCUT2D eigenvalue weighted by Gasteiger charge is 2.63. The SMILES string of the molecule is CC(C)[C@H](C)[C@@H](O)[C@H](O)[C@H](C)[C@@H]1CC[C@@H]2[C@@H]3COC(=O)C4C[C@@H](O)[C@@H](O)C[C@]4(C)[C@@H]3CC[C@@]21C. The molecule has 1 unspecified atom stereocenters. The third kappa shape index (κ3) is 4.05. The summed E-state index contributed by atoms with van der Waals surface area (Å²) >= 11 is 0. The summed E-state index contributed by atoms with van der Waals surface area (Å²) in [6, 6.07) is 0. The minimum absolute atomic E-state index is 0.00827. The summed E-state index contributed by atoms with van der Waals surface area (Å²) in [5.74, 6) is 0.948. The van der Waals surface area contributed by atoms with Crippen molar-refractivity contribution in [1.29, 1.82) is 0 Å². The molecule has 6 heteroatoms. The third-order valence-electron chi connectivity index (χ3n) is 11.5. The van der Waals surface area contributed by atoms with Gasteiger partial charge in [0.05, 0.1) is 36.9 Å². The van der Waals surface area contributed by atoms with E-state index in [0.717, 1.165) is 25.7 Å². The van der Waals surface area contributed by atoms with E-state index in [1.807, 2.05) is 6.92 Å². The average molecular weight is 481 g/mol. The molecule has 4 N–H and O–H groups in total. The van der Waals surface area contributed by atoms with E-state index in [4.69, 9.17) is 4.74 Å². The largest absolute Gasteiger partial charge is 0.465 e. The fraction of sp³-hybridized carbons (Fsp3) is 0.964. The van der Waals surface area contributed by atoms with Crippen molar-refractivity contribution >= 4 is 5.97 Å². The fourth-order valence-corrected chi connectivity index (χ4v) is 8.95. The number of aliphatic hydroxyl groups is 4. The van der Waals surface area contributed by atoms with Crippen LogP contribution in [0.4, 0.5) is 0 Å². The van der Waals surface area contributed by atoms with Crippen molar-refractivity contribution in [2.45, 2.75) is 104 Å². The molecule has 34 heavy (non-hydrogen) atoms. The molecule has 1 aliphatic heterocycles. The van der Waals surface area contributed by atoms with Gasteiger partial charge >= 0.3 is 5.97 Å². The molecular formula is C28H48O6. The predicted octanol–water partition coefficient (Wildman–Crippen LogP) is 3.39. The number of hydrogen-bond donors (Lipinski definition) is 4. The minimum Gasteiger partial charge on any atom is -0.465 e. The van der Waals surface area contributed by atoms with Gasteiger partial charge in [0.15, 0.2) is 0 Å². The Morgan fingerprint density at radius 2 is 1.56 bits per heavy atom. The Bertz CT molecular complexity index is 755. The van der Waals surface area contributed by atoms with Gasteiger partial charge in [0.2, 0.25) is 0 Å². The Morgan fingerprint density at radius 3 is 2.21 bits per heavy atom. The van der Waals surface area contributed by atoms with Gasteiger partial charge in [-0.25, -0.2) is 0 Å². The standard InChI is InChI=1S/C28H48O6/c1-14(2)15(3)24(31)25(32)16(4)18-7-8-19-17-13-34-26(33)21-11-22(29)23(30)12-28(21,6)20(17)9-10-27(18,19)5/h14-25,29-32H,7-13H2,1-6H3/t15-,16+,17-,18-,19+,20+,21?,22+,23-,24+,25+,27+,28+/m0/s1. The normalized spacial score (nSPS) is 48.1. The van der Waals surface area contributed by atoms with E-state index in [9.17, 15) is 25.2 Å². The number of cyclic esters (lactones) is 1. The second-order valence-corrected chi connectivity index (χ2v) is 13.3. The summed E-state index contributed by atoms with van der Waals surface area (Å²) in [6.45, 7) is 13.2. The molecule has 4 rings (SSSR count). The van der Waals surface area contributed by atoms with Gasteiger partial charge in [-0.05, 0) is 90.8 Å². The van der Waals surface area contributed by atoms with E-state index in [1.165, 1.54) is 0 Å². The van der Waals surface area contributed by atoms with Crippen LogP contribution in [-0.4, -0.2) is 57.4 Å². The zero-order chi connectivity index (χ0) is 25.2. The van der Waals surface area contributed by atoms with Crippen molar-refractivity contribution < 1.29 is 30.0 Å². The molecule has 0 aromatic heterocycles. The number of esters is 1. The maximum absolute atomic E-state index is 13.0. The Hall–Kier alpha value is -0.690. The quantitative estimate of drug-likeness (QED) is 0.450. The summed E-state index contributed by atoms with van der Waals surface area (Å²) in [7, 11) is 0. The van der Waals surface area contributed by atoms with Crippen LogP contribution in [0.15, 0.2) is 0 Å². The number of aliphatic hydroxyl groups excluding tert-OH is 4. The van der Waals surface area contributed by atoms with Crippen LogP contribution < -0.4 is 0 Å². The lowest BCUT2D eigenvalue weighted by Crippen LogP contribution is -2.55. The lowest BCUT2D eigenvalue weighted by atomic mass is 9.48. The van der Waals surface area contributed by atoms with Gasteiger partial charge in [0, 0.05) is 0 Å². The molecule has 3 saturated carbocycles. The van der Waals surface area contributed by atoms with Crippen molar-refractivity contribution in [3.8, 4) is 0 Å². The highest BCUT2D eigenvalue weighted by Crippen LogP contribution is 2.66. The first-order valence-electron chi connectivity index (χ1n) is 13.7. The maximum Gasteiger partial charge on any atom is 0.309 e. The van der Waals surface area contributed by atoms with Crippen LogP contribution in [0.2, 0.25) is 0 Å². The maximum atomic E-state index is 13.0.